The fourth-order valence-corrected chi connectivity index (χ4v) is 2.98. The second-order valence-corrected chi connectivity index (χ2v) is 5.66. The Labute approximate surface area is 130 Å². The largest absolute Gasteiger partial charge is 0.493 e. The Bertz CT molecular complexity index is 622. The molecule has 0 bridgehead atoms. The number of alkyl halides is 2. The third-order valence-corrected chi connectivity index (χ3v) is 4.47. The van der Waals surface area contributed by atoms with E-state index in [1.807, 2.05) is 0 Å². The van der Waals surface area contributed by atoms with Crippen molar-refractivity contribution in [2.75, 3.05) is 7.11 Å². The van der Waals surface area contributed by atoms with E-state index in [1.54, 1.807) is 0 Å². The molecule has 0 aromatic heterocycles. The number of benzene rings is 1. The lowest BCUT2D eigenvalue weighted by molar-refractivity contribution is -0.168. The molecule has 1 heterocycles. The van der Waals surface area contributed by atoms with E-state index in [-0.39, 0.29) is 5.56 Å². The van der Waals surface area contributed by atoms with Crippen LogP contribution in [0.3, 0.4) is 0 Å². The Morgan fingerprint density at radius 3 is 2.48 bits per heavy atom. The highest BCUT2D eigenvalue weighted by Gasteiger charge is 2.58. The van der Waals surface area contributed by atoms with Crippen molar-refractivity contribution in [2.45, 2.75) is 37.9 Å². The van der Waals surface area contributed by atoms with Gasteiger partial charge >= 0.3 is 5.97 Å². The molecule has 1 aliphatic rings. The predicted octanol–water partition coefficient (Wildman–Crippen LogP) is 3.20. The molecule has 23 heavy (non-hydrogen) atoms. The molecule has 8 heteroatoms. The van der Waals surface area contributed by atoms with Crippen LogP contribution in [-0.2, 0) is 9.53 Å². The Balaban J connectivity index is 2.60. The Hall–Kier alpha value is -1.83. The van der Waals surface area contributed by atoms with Crippen LogP contribution in [0.25, 0.3) is 0 Å². The number of methoxy groups -OCH3 is 1. The standard InChI is InChI=1S/C15H16F4O4/c1-6-9(7-4-5-8(16)10(17)11(7)22-3)12(13(20)21)23-15(6,2)14(18)19/h4-6,9,12,14H,1-3H3,(H,20,21). The summed E-state index contributed by atoms with van der Waals surface area (Å²) in [4.78, 5) is 11.4. The summed E-state index contributed by atoms with van der Waals surface area (Å²) in [6, 6.07) is 1.94. The smallest absolute Gasteiger partial charge is 0.333 e. The van der Waals surface area contributed by atoms with Crippen molar-refractivity contribution < 1.29 is 36.9 Å². The summed E-state index contributed by atoms with van der Waals surface area (Å²) >= 11 is 0. The number of carboxylic acid groups (broad SMARTS) is 1. The number of hydrogen-bond acceptors (Lipinski definition) is 3. The fraction of sp³-hybridized carbons (Fsp3) is 0.533. The quantitative estimate of drug-likeness (QED) is 0.858. The highest BCUT2D eigenvalue weighted by Crippen LogP contribution is 2.51. The Morgan fingerprint density at radius 1 is 1.39 bits per heavy atom. The van der Waals surface area contributed by atoms with Crippen LogP contribution < -0.4 is 4.74 Å². The number of carboxylic acids is 1. The van der Waals surface area contributed by atoms with Crippen LogP contribution in [0.2, 0.25) is 0 Å². The summed E-state index contributed by atoms with van der Waals surface area (Å²) in [6.45, 7) is 2.49. The van der Waals surface area contributed by atoms with E-state index in [9.17, 15) is 27.5 Å². The molecule has 4 unspecified atom stereocenters. The number of aliphatic carboxylic acids is 1. The van der Waals surface area contributed by atoms with E-state index in [0.29, 0.717) is 0 Å². The predicted molar refractivity (Wildman–Crippen MR) is 71.7 cm³/mol. The molecule has 4 atom stereocenters. The molecule has 1 aromatic rings. The van der Waals surface area contributed by atoms with E-state index in [1.165, 1.54) is 6.92 Å². The van der Waals surface area contributed by atoms with Crippen LogP contribution in [0.4, 0.5) is 17.6 Å². The van der Waals surface area contributed by atoms with Gasteiger partial charge in [0, 0.05) is 17.4 Å². The van der Waals surface area contributed by atoms with Crippen molar-refractivity contribution in [1.29, 1.82) is 0 Å². The summed E-state index contributed by atoms with van der Waals surface area (Å²) < 4.78 is 63.8. The molecule has 0 aliphatic carbocycles. The first-order valence-electron chi connectivity index (χ1n) is 6.85. The normalized spacial score (nSPS) is 30.7. The van der Waals surface area contributed by atoms with Crippen LogP contribution >= 0.6 is 0 Å². The van der Waals surface area contributed by atoms with Crippen LogP contribution in [0.5, 0.6) is 5.75 Å². The monoisotopic (exact) mass is 336 g/mol. The zero-order valence-corrected chi connectivity index (χ0v) is 12.6. The van der Waals surface area contributed by atoms with Crippen molar-refractivity contribution in [3.05, 3.63) is 29.3 Å². The third kappa shape index (κ3) is 2.65. The van der Waals surface area contributed by atoms with Gasteiger partial charge in [-0.05, 0) is 13.0 Å². The van der Waals surface area contributed by atoms with Gasteiger partial charge in [-0.25, -0.2) is 18.0 Å². The first kappa shape index (κ1) is 17.5. The second-order valence-electron chi connectivity index (χ2n) is 5.66. The lowest BCUT2D eigenvalue weighted by Crippen LogP contribution is -2.39. The zero-order valence-electron chi connectivity index (χ0n) is 12.6. The minimum atomic E-state index is -2.94. The van der Waals surface area contributed by atoms with Crippen molar-refractivity contribution in [1.82, 2.24) is 0 Å². The summed E-state index contributed by atoms with van der Waals surface area (Å²) in [5.74, 6) is -6.53. The summed E-state index contributed by atoms with van der Waals surface area (Å²) in [7, 11) is 1.09. The number of rotatable bonds is 4. The van der Waals surface area contributed by atoms with Gasteiger partial charge < -0.3 is 14.6 Å². The molecule has 0 amide bonds. The molecule has 4 nitrogen and oxygen atoms in total. The summed E-state index contributed by atoms with van der Waals surface area (Å²) in [5.41, 5.74) is -2.04. The van der Waals surface area contributed by atoms with Crippen LogP contribution in [0.15, 0.2) is 12.1 Å². The first-order chi connectivity index (χ1) is 10.6. The van der Waals surface area contributed by atoms with Gasteiger partial charge in [-0.15, -0.1) is 0 Å². The molecule has 0 radical (unpaired) electrons. The van der Waals surface area contributed by atoms with Crippen molar-refractivity contribution in [3.63, 3.8) is 0 Å². The zero-order chi connectivity index (χ0) is 17.5. The first-order valence-corrected chi connectivity index (χ1v) is 6.85. The summed E-state index contributed by atoms with van der Waals surface area (Å²) in [5, 5.41) is 9.29. The van der Waals surface area contributed by atoms with Crippen LogP contribution in [0.1, 0.15) is 25.3 Å². The maximum Gasteiger partial charge on any atom is 0.333 e. The molecule has 128 valence electrons. The van der Waals surface area contributed by atoms with Gasteiger partial charge in [0.15, 0.2) is 17.7 Å². The highest BCUT2D eigenvalue weighted by molar-refractivity contribution is 5.75. The highest BCUT2D eigenvalue weighted by atomic mass is 19.3. The fourth-order valence-electron chi connectivity index (χ4n) is 2.98. The lowest BCUT2D eigenvalue weighted by Gasteiger charge is -2.28. The third-order valence-electron chi connectivity index (χ3n) is 4.47. The molecular formula is C15H16F4O4. The number of halogens is 4. The number of carbonyl (C=O) groups is 1. The van der Waals surface area contributed by atoms with Crippen molar-refractivity contribution in [2.24, 2.45) is 5.92 Å². The average Bonchev–Trinajstić information content (AvgIpc) is 2.76. The van der Waals surface area contributed by atoms with E-state index >= 15 is 0 Å². The molecule has 1 saturated heterocycles. The van der Waals surface area contributed by atoms with Gasteiger partial charge in [0.25, 0.3) is 6.43 Å². The maximum atomic E-state index is 13.9. The second kappa shape index (κ2) is 5.99. The van der Waals surface area contributed by atoms with E-state index < -0.39 is 53.3 Å². The molecular weight excluding hydrogens is 320 g/mol. The van der Waals surface area contributed by atoms with Gasteiger partial charge in [0.05, 0.1) is 7.11 Å². The maximum absolute atomic E-state index is 13.9. The van der Waals surface area contributed by atoms with Crippen LogP contribution in [0, 0.1) is 17.6 Å². The summed E-state index contributed by atoms with van der Waals surface area (Å²) in [6.07, 6.45) is -4.57. The molecule has 1 N–H and O–H groups in total. The molecule has 0 saturated carbocycles. The van der Waals surface area contributed by atoms with E-state index in [4.69, 9.17) is 9.47 Å². The van der Waals surface area contributed by atoms with Gasteiger partial charge in [0.2, 0.25) is 5.82 Å². The minimum Gasteiger partial charge on any atom is -0.493 e. The molecule has 1 aliphatic heterocycles. The molecule has 1 aromatic carbocycles. The lowest BCUT2D eigenvalue weighted by atomic mass is 9.77. The van der Waals surface area contributed by atoms with Crippen LogP contribution in [-0.4, -0.2) is 36.3 Å². The minimum absolute atomic E-state index is 0.0179. The number of hydrogen-bond donors (Lipinski definition) is 1. The van der Waals surface area contributed by atoms with Gasteiger partial charge in [-0.2, -0.15) is 4.39 Å². The van der Waals surface area contributed by atoms with E-state index in [2.05, 4.69) is 0 Å². The Kier molecular flexibility index (Phi) is 4.57. The number of ether oxygens (including phenoxy) is 2. The van der Waals surface area contributed by atoms with Gasteiger partial charge in [-0.3, -0.25) is 0 Å². The van der Waals surface area contributed by atoms with Gasteiger partial charge in [0.1, 0.15) is 5.60 Å². The topological polar surface area (TPSA) is 55.8 Å². The van der Waals surface area contributed by atoms with Gasteiger partial charge in [-0.1, -0.05) is 13.0 Å². The van der Waals surface area contributed by atoms with Crippen molar-refractivity contribution >= 4 is 5.97 Å². The average molecular weight is 336 g/mol. The van der Waals surface area contributed by atoms with Crippen molar-refractivity contribution in [3.8, 4) is 5.75 Å². The van der Waals surface area contributed by atoms with E-state index in [0.717, 1.165) is 26.2 Å². The Morgan fingerprint density at radius 2 is 2.00 bits per heavy atom. The SMILES string of the molecule is COc1c(C2C(C(=O)O)OC(C)(C(F)F)C2C)ccc(F)c1F. The molecule has 0 spiro atoms. The molecule has 1 fully saturated rings. The molecule has 2 rings (SSSR count).